The number of hydrogen-bond donors (Lipinski definition) is 3. The van der Waals surface area contributed by atoms with E-state index in [2.05, 4.69) is 15.8 Å². The summed E-state index contributed by atoms with van der Waals surface area (Å²) in [6.45, 7) is 0. The number of rotatable bonds is 4. The van der Waals surface area contributed by atoms with Crippen LogP contribution in [0.1, 0.15) is 0 Å². The van der Waals surface area contributed by atoms with Crippen LogP contribution in [-0.4, -0.2) is 10.2 Å². The minimum atomic E-state index is -0.0105. The van der Waals surface area contributed by atoms with E-state index in [0.29, 0.717) is 16.8 Å². The first kappa shape index (κ1) is 14.6. The zero-order valence-electron chi connectivity index (χ0n) is 12.2. The van der Waals surface area contributed by atoms with Gasteiger partial charge in [0.2, 0.25) is 0 Å². The molecule has 23 heavy (non-hydrogen) atoms. The topological polar surface area (TPSA) is 77.2 Å². The van der Waals surface area contributed by atoms with Crippen molar-refractivity contribution >= 4 is 11.4 Å². The monoisotopic (exact) mass is 305 g/mol. The van der Waals surface area contributed by atoms with Crippen molar-refractivity contribution in [3.63, 3.8) is 0 Å². The van der Waals surface area contributed by atoms with Gasteiger partial charge in [-0.3, -0.25) is 5.43 Å². The highest BCUT2D eigenvalue weighted by Crippen LogP contribution is 2.41. The fourth-order valence-corrected chi connectivity index (χ4v) is 2.23. The molecule has 0 radical (unpaired) electrons. The molecule has 3 N–H and O–H groups in total. The van der Waals surface area contributed by atoms with Crippen LogP contribution in [0.5, 0.6) is 11.5 Å². The molecule has 0 unspecified atom stereocenters. The van der Waals surface area contributed by atoms with E-state index in [1.165, 1.54) is 12.1 Å². The Labute approximate surface area is 133 Å². The van der Waals surface area contributed by atoms with Crippen LogP contribution in [0.15, 0.2) is 83.1 Å². The zero-order chi connectivity index (χ0) is 16.1. The predicted molar refractivity (Wildman–Crippen MR) is 89.8 cm³/mol. The fraction of sp³-hybridized carbons (Fsp3) is 0. The van der Waals surface area contributed by atoms with Crippen molar-refractivity contribution < 1.29 is 10.2 Å². The quantitative estimate of drug-likeness (QED) is 0.475. The minimum absolute atomic E-state index is 0.0105. The molecule has 3 aromatic carbocycles. The van der Waals surface area contributed by atoms with E-state index in [4.69, 9.17) is 0 Å². The molecule has 0 bridgehead atoms. The van der Waals surface area contributed by atoms with Crippen LogP contribution in [0.3, 0.4) is 0 Å². The maximum atomic E-state index is 10.0. The van der Waals surface area contributed by atoms with Gasteiger partial charge in [0.15, 0.2) is 0 Å². The number of benzene rings is 3. The first-order valence-corrected chi connectivity index (χ1v) is 7.08. The van der Waals surface area contributed by atoms with E-state index < -0.39 is 0 Å². The third kappa shape index (κ3) is 3.29. The van der Waals surface area contributed by atoms with Crippen LogP contribution in [0.4, 0.5) is 11.4 Å². The van der Waals surface area contributed by atoms with Crippen molar-refractivity contribution in [2.75, 3.05) is 5.43 Å². The van der Waals surface area contributed by atoms with Crippen LogP contribution in [0.2, 0.25) is 0 Å². The number of phenols is 2. The third-order valence-corrected chi connectivity index (χ3v) is 3.30. The van der Waals surface area contributed by atoms with Gasteiger partial charge in [-0.25, -0.2) is 0 Å². The van der Waals surface area contributed by atoms with E-state index in [1.54, 1.807) is 18.2 Å². The molecule has 0 heterocycles. The number of phenolic OH excluding ortho intramolecular Hbond substituents is 2. The zero-order valence-corrected chi connectivity index (χ0v) is 12.2. The molecule has 0 spiro atoms. The molecule has 0 amide bonds. The summed E-state index contributed by atoms with van der Waals surface area (Å²) in [5.74, 6) is -0.0210. The molecule has 3 aromatic rings. The highest BCUT2D eigenvalue weighted by molar-refractivity contribution is 5.83. The lowest BCUT2D eigenvalue weighted by Crippen LogP contribution is -1.86. The molecule has 0 saturated carbocycles. The van der Waals surface area contributed by atoms with Gasteiger partial charge in [-0.1, -0.05) is 47.7 Å². The van der Waals surface area contributed by atoms with Gasteiger partial charge in [-0.05, 0) is 30.3 Å². The maximum absolute atomic E-state index is 10.0. The van der Waals surface area contributed by atoms with Crippen LogP contribution in [-0.2, 0) is 0 Å². The second-order valence-electron chi connectivity index (χ2n) is 4.87. The maximum Gasteiger partial charge on any atom is 0.127 e. The van der Waals surface area contributed by atoms with E-state index in [-0.39, 0.29) is 11.5 Å². The number of nitrogens with zero attached hydrogens (tertiary/aromatic N) is 2. The molecule has 5 nitrogen and oxygen atoms in total. The largest absolute Gasteiger partial charge is 0.507 e. The van der Waals surface area contributed by atoms with Gasteiger partial charge >= 0.3 is 0 Å². The minimum Gasteiger partial charge on any atom is -0.507 e. The average Bonchev–Trinajstić information content (AvgIpc) is 2.57. The summed E-state index contributed by atoms with van der Waals surface area (Å²) in [5, 5.41) is 28.2. The Hall–Kier alpha value is -3.34. The number of para-hydroxylation sites is 1. The summed E-state index contributed by atoms with van der Waals surface area (Å²) >= 11 is 0. The fourth-order valence-electron chi connectivity index (χ4n) is 2.23. The first-order valence-electron chi connectivity index (χ1n) is 7.08. The molecule has 0 aliphatic heterocycles. The lowest BCUT2D eigenvalue weighted by atomic mass is 10.0. The molecule has 0 aromatic heterocycles. The van der Waals surface area contributed by atoms with Gasteiger partial charge in [-0.2, -0.15) is 0 Å². The molecule has 114 valence electrons. The normalized spacial score (nSPS) is 10.8. The van der Waals surface area contributed by atoms with Gasteiger partial charge < -0.3 is 10.2 Å². The molecule has 0 aliphatic carbocycles. The van der Waals surface area contributed by atoms with Crippen LogP contribution < -0.4 is 5.43 Å². The van der Waals surface area contributed by atoms with Crippen molar-refractivity contribution in [3.05, 3.63) is 72.8 Å². The molecular formula is C18H15N3O2. The smallest absolute Gasteiger partial charge is 0.127 e. The summed E-state index contributed by atoms with van der Waals surface area (Å²) in [7, 11) is 0. The Morgan fingerprint density at radius 3 is 2.09 bits per heavy atom. The molecule has 0 atom stereocenters. The Kier molecular flexibility index (Phi) is 4.20. The lowest BCUT2D eigenvalue weighted by Gasteiger charge is -2.09. The molecule has 0 fully saturated rings. The van der Waals surface area contributed by atoms with Crippen LogP contribution >= 0.6 is 0 Å². The van der Waals surface area contributed by atoms with Gasteiger partial charge in [0.05, 0.1) is 16.9 Å². The molecule has 5 heteroatoms. The van der Waals surface area contributed by atoms with Gasteiger partial charge in [-0.15, -0.1) is 5.11 Å². The van der Waals surface area contributed by atoms with Gasteiger partial charge in [0.1, 0.15) is 11.5 Å². The highest BCUT2D eigenvalue weighted by atomic mass is 16.3. The number of hydrogen-bond acceptors (Lipinski definition) is 4. The average molecular weight is 305 g/mol. The van der Waals surface area contributed by atoms with Crippen LogP contribution in [0.25, 0.3) is 11.1 Å². The second kappa shape index (κ2) is 6.62. The Balaban J connectivity index is 1.92. The predicted octanol–water partition coefficient (Wildman–Crippen LogP) is 4.88. The van der Waals surface area contributed by atoms with Crippen molar-refractivity contribution in [2.24, 2.45) is 10.3 Å². The number of anilines is 1. The Morgan fingerprint density at radius 2 is 1.35 bits per heavy atom. The molecule has 0 saturated heterocycles. The highest BCUT2D eigenvalue weighted by Gasteiger charge is 2.13. The molecular weight excluding hydrogens is 290 g/mol. The van der Waals surface area contributed by atoms with Gasteiger partial charge in [0.25, 0.3) is 0 Å². The third-order valence-electron chi connectivity index (χ3n) is 3.30. The summed E-state index contributed by atoms with van der Waals surface area (Å²) in [4.78, 5) is 0. The van der Waals surface area contributed by atoms with E-state index in [1.807, 2.05) is 42.5 Å². The standard InChI is InChI=1S/C18H15N3O2/c22-16-11-6-12-17(23)18(16)14-9-4-5-10-15(14)20-21-19-13-7-2-1-3-8-13/h1-12,22-23H,(H,19,20). The molecule has 3 rings (SSSR count). The van der Waals surface area contributed by atoms with Gasteiger partial charge in [0, 0.05) is 5.56 Å². The SMILES string of the molecule is Oc1cccc(O)c1-c1ccccc1N=NNc1ccccc1. The summed E-state index contributed by atoms with van der Waals surface area (Å²) in [5.41, 5.74) is 5.12. The van der Waals surface area contributed by atoms with E-state index >= 15 is 0 Å². The van der Waals surface area contributed by atoms with Crippen molar-refractivity contribution in [1.29, 1.82) is 0 Å². The van der Waals surface area contributed by atoms with Crippen molar-refractivity contribution in [3.8, 4) is 22.6 Å². The number of aromatic hydroxyl groups is 2. The number of nitrogens with one attached hydrogen (secondary N) is 1. The summed E-state index contributed by atoms with van der Waals surface area (Å²) in [6.07, 6.45) is 0. The second-order valence-corrected chi connectivity index (χ2v) is 4.87. The molecule has 0 aliphatic rings. The van der Waals surface area contributed by atoms with E-state index in [9.17, 15) is 10.2 Å². The Bertz CT molecular complexity index is 812. The summed E-state index contributed by atoms with van der Waals surface area (Å²) in [6, 6.07) is 21.2. The van der Waals surface area contributed by atoms with E-state index in [0.717, 1.165) is 5.69 Å². The van der Waals surface area contributed by atoms with Crippen molar-refractivity contribution in [2.45, 2.75) is 0 Å². The Morgan fingerprint density at radius 1 is 0.696 bits per heavy atom. The van der Waals surface area contributed by atoms with Crippen molar-refractivity contribution in [1.82, 2.24) is 0 Å². The first-order chi connectivity index (χ1) is 11.3. The van der Waals surface area contributed by atoms with Crippen LogP contribution in [0, 0.1) is 0 Å². The lowest BCUT2D eigenvalue weighted by molar-refractivity contribution is 0.454. The summed E-state index contributed by atoms with van der Waals surface area (Å²) < 4.78 is 0.